The van der Waals surface area contributed by atoms with Gasteiger partial charge in [-0.2, -0.15) is 4.98 Å². The van der Waals surface area contributed by atoms with Crippen molar-refractivity contribution in [2.24, 2.45) is 5.73 Å². The number of carbonyl (C=O) groups excluding carboxylic acids is 1. The van der Waals surface area contributed by atoms with Gasteiger partial charge in [0, 0.05) is 12.5 Å². The van der Waals surface area contributed by atoms with Gasteiger partial charge in [-0.1, -0.05) is 23.0 Å². The Morgan fingerprint density at radius 3 is 2.92 bits per heavy atom. The third-order valence-corrected chi connectivity index (χ3v) is 4.73. The second kappa shape index (κ2) is 7.58. The van der Waals surface area contributed by atoms with E-state index in [0.29, 0.717) is 24.0 Å². The number of allylic oxidation sites excluding steroid dienone is 1. The second-order valence-corrected chi connectivity index (χ2v) is 6.38. The van der Waals surface area contributed by atoms with Crippen molar-refractivity contribution in [3.8, 4) is 0 Å². The highest BCUT2D eigenvalue weighted by molar-refractivity contribution is 7.98. The van der Waals surface area contributed by atoms with Crippen molar-refractivity contribution in [1.29, 1.82) is 0 Å². The van der Waals surface area contributed by atoms with E-state index in [1.807, 2.05) is 6.08 Å². The van der Waals surface area contributed by atoms with Crippen LogP contribution in [0.2, 0.25) is 0 Å². The molecule has 1 aliphatic rings. The van der Waals surface area contributed by atoms with Crippen LogP contribution in [0.15, 0.2) is 22.3 Å². The van der Waals surface area contributed by atoms with E-state index in [0.717, 1.165) is 36.9 Å². The Morgan fingerprint density at radius 1 is 1.46 bits per heavy atom. The van der Waals surface area contributed by atoms with Gasteiger partial charge in [0.25, 0.3) is 0 Å². The number of nitrogens with one attached hydrogen (secondary N) is 1. The first-order chi connectivity index (χ1) is 11.7. The zero-order valence-electron chi connectivity index (χ0n) is 13.1. The third kappa shape index (κ3) is 3.65. The molecule has 2 aromatic heterocycles. The van der Waals surface area contributed by atoms with Crippen LogP contribution in [-0.4, -0.2) is 43.9 Å². The Labute approximate surface area is 143 Å². The van der Waals surface area contributed by atoms with Crippen LogP contribution in [0.25, 0.3) is 0 Å². The van der Waals surface area contributed by atoms with Crippen LogP contribution in [0.1, 0.15) is 41.1 Å². The Balaban J connectivity index is 1.73. The first-order valence-corrected chi connectivity index (χ1v) is 8.67. The summed E-state index contributed by atoms with van der Waals surface area (Å²) >= 11 is 1.44. The second-order valence-electron chi connectivity index (χ2n) is 5.43. The number of aromatic nitrogens is 5. The molecule has 3 rings (SSSR count). The molecule has 1 amide bonds. The van der Waals surface area contributed by atoms with Crippen molar-refractivity contribution < 1.29 is 9.32 Å². The average molecular weight is 349 g/mol. The summed E-state index contributed by atoms with van der Waals surface area (Å²) in [5.74, 6) is 1.28. The molecule has 128 valence electrons. The SMILES string of the molecule is C=CCn1c(SCc2noc(C(N)=O)n2)nnc1C1CCNCC1. The number of amides is 1. The molecule has 10 heteroatoms. The monoisotopic (exact) mass is 349 g/mol. The average Bonchev–Trinajstić information content (AvgIpc) is 3.21. The van der Waals surface area contributed by atoms with Crippen molar-refractivity contribution in [3.05, 3.63) is 30.2 Å². The highest BCUT2D eigenvalue weighted by Gasteiger charge is 2.23. The molecule has 1 fully saturated rings. The quantitative estimate of drug-likeness (QED) is 0.553. The number of thioether (sulfide) groups is 1. The Hall–Kier alpha value is -2.20. The molecule has 1 aliphatic heterocycles. The molecule has 24 heavy (non-hydrogen) atoms. The summed E-state index contributed by atoms with van der Waals surface area (Å²) < 4.78 is 6.85. The first kappa shape index (κ1) is 16.7. The number of hydrogen-bond donors (Lipinski definition) is 2. The molecule has 2 aromatic rings. The smallest absolute Gasteiger partial charge is 0.315 e. The van der Waals surface area contributed by atoms with Gasteiger partial charge in [-0.05, 0) is 25.9 Å². The fourth-order valence-corrected chi connectivity index (χ4v) is 3.43. The van der Waals surface area contributed by atoms with Gasteiger partial charge in [0.2, 0.25) is 0 Å². The zero-order chi connectivity index (χ0) is 16.9. The summed E-state index contributed by atoms with van der Waals surface area (Å²) in [5.41, 5.74) is 5.10. The lowest BCUT2D eigenvalue weighted by molar-refractivity contribution is 0.0958. The van der Waals surface area contributed by atoms with Crippen LogP contribution in [0, 0.1) is 0 Å². The normalized spacial score (nSPS) is 15.5. The first-order valence-electron chi connectivity index (χ1n) is 7.69. The molecule has 3 N–H and O–H groups in total. The lowest BCUT2D eigenvalue weighted by Gasteiger charge is -2.22. The summed E-state index contributed by atoms with van der Waals surface area (Å²) in [4.78, 5) is 14.9. The fourth-order valence-electron chi connectivity index (χ4n) is 2.63. The summed E-state index contributed by atoms with van der Waals surface area (Å²) in [5, 5.41) is 16.5. The summed E-state index contributed by atoms with van der Waals surface area (Å²) in [7, 11) is 0. The number of carbonyl (C=O) groups is 1. The van der Waals surface area contributed by atoms with Gasteiger partial charge in [0.05, 0.1) is 5.75 Å². The zero-order valence-corrected chi connectivity index (χ0v) is 14.0. The molecule has 1 saturated heterocycles. The maximum Gasteiger partial charge on any atom is 0.315 e. The van der Waals surface area contributed by atoms with E-state index >= 15 is 0 Å². The summed E-state index contributed by atoms with van der Waals surface area (Å²) in [6, 6.07) is 0. The van der Waals surface area contributed by atoms with Gasteiger partial charge in [-0.25, -0.2) is 0 Å². The summed E-state index contributed by atoms with van der Waals surface area (Å²) in [6.45, 7) is 6.45. The Kier molecular flexibility index (Phi) is 5.26. The van der Waals surface area contributed by atoms with E-state index in [9.17, 15) is 4.79 Å². The maximum atomic E-state index is 11.0. The number of rotatable bonds is 7. The standard InChI is InChI=1S/C14H19N7O2S/c1-2-7-21-12(9-3-5-16-6-4-9)18-19-14(21)24-8-10-17-13(11(15)22)23-20-10/h2,9,16H,1,3-8H2,(H2,15,22). The van der Waals surface area contributed by atoms with Crippen molar-refractivity contribution in [2.45, 2.75) is 36.2 Å². The molecule has 3 heterocycles. The summed E-state index contributed by atoms with van der Waals surface area (Å²) in [6.07, 6.45) is 3.93. The number of nitrogens with zero attached hydrogens (tertiary/aromatic N) is 5. The van der Waals surface area contributed by atoms with Crippen LogP contribution >= 0.6 is 11.8 Å². The van der Waals surface area contributed by atoms with Gasteiger partial charge in [0.1, 0.15) is 5.82 Å². The molecule has 0 unspecified atom stereocenters. The molecule has 0 spiro atoms. The van der Waals surface area contributed by atoms with Gasteiger partial charge in [0.15, 0.2) is 11.0 Å². The van der Waals surface area contributed by atoms with Gasteiger partial charge in [-0.3, -0.25) is 4.79 Å². The molecule has 0 aliphatic carbocycles. The van der Waals surface area contributed by atoms with E-state index in [4.69, 9.17) is 10.3 Å². The Bertz CT molecular complexity index is 721. The van der Waals surface area contributed by atoms with Crippen LogP contribution in [-0.2, 0) is 12.3 Å². The number of piperidine rings is 1. The van der Waals surface area contributed by atoms with Crippen molar-refractivity contribution in [1.82, 2.24) is 30.2 Å². The van der Waals surface area contributed by atoms with Crippen LogP contribution < -0.4 is 11.1 Å². The molecule has 9 nitrogen and oxygen atoms in total. The topological polar surface area (TPSA) is 125 Å². The van der Waals surface area contributed by atoms with Crippen molar-refractivity contribution >= 4 is 17.7 Å². The molecule has 0 radical (unpaired) electrons. The van der Waals surface area contributed by atoms with Crippen LogP contribution in [0.3, 0.4) is 0 Å². The highest BCUT2D eigenvalue weighted by atomic mass is 32.2. The minimum Gasteiger partial charge on any atom is -0.361 e. The highest BCUT2D eigenvalue weighted by Crippen LogP contribution is 2.28. The number of nitrogens with two attached hydrogens (primary N) is 1. The third-order valence-electron chi connectivity index (χ3n) is 3.77. The van der Waals surface area contributed by atoms with Gasteiger partial charge >= 0.3 is 11.8 Å². The van der Waals surface area contributed by atoms with E-state index in [-0.39, 0.29) is 5.89 Å². The molecule has 0 aromatic carbocycles. The van der Waals surface area contributed by atoms with Gasteiger partial charge < -0.3 is 20.1 Å². The maximum absolute atomic E-state index is 11.0. The van der Waals surface area contributed by atoms with Crippen LogP contribution in [0.4, 0.5) is 0 Å². The molecular formula is C14H19N7O2S. The van der Waals surface area contributed by atoms with Crippen molar-refractivity contribution in [2.75, 3.05) is 13.1 Å². The number of hydrogen-bond acceptors (Lipinski definition) is 8. The molecular weight excluding hydrogens is 330 g/mol. The minimum atomic E-state index is -0.734. The lowest BCUT2D eigenvalue weighted by Crippen LogP contribution is -2.28. The Morgan fingerprint density at radius 2 is 2.25 bits per heavy atom. The fraction of sp³-hybridized carbons (Fsp3) is 0.500. The van der Waals surface area contributed by atoms with E-state index in [2.05, 4.69) is 36.8 Å². The predicted molar refractivity (Wildman–Crippen MR) is 87.4 cm³/mol. The van der Waals surface area contributed by atoms with E-state index in [1.54, 1.807) is 0 Å². The predicted octanol–water partition coefficient (Wildman–Crippen LogP) is 0.705. The lowest BCUT2D eigenvalue weighted by atomic mass is 9.97. The van der Waals surface area contributed by atoms with Gasteiger partial charge in [-0.15, -0.1) is 16.8 Å². The minimum absolute atomic E-state index is 0.187. The van der Waals surface area contributed by atoms with Crippen molar-refractivity contribution in [3.63, 3.8) is 0 Å². The van der Waals surface area contributed by atoms with E-state index in [1.165, 1.54) is 11.8 Å². The largest absolute Gasteiger partial charge is 0.361 e. The van der Waals surface area contributed by atoms with Crippen LogP contribution in [0.5, 0.6) is 0 Å². The van der Waals surface area contributed by atoms with E-state index < -0.39 is 5.91 Å². The molecule has 0 bridgehead atoms. The molecule has 0 saturated carbocycles. The number of primary amides is 1. The molecule has 0 atom stereocenters.